The molecule has 20 heavy (non-hydrogen) atoms. The second-order valence-corrected chi connectivity index (χ2v) is 5.80. The van der Waals surface area contributed by atoms with Gasteiger partial charge in [-0.05, 0) is 37.2 Å². The van der Waals surface area contributed by atoms with E-state index in [9.17, 15) is 0 Å². The molecule has 0 radical (unpaired) electrons. The highest BCUT2D eigenvalue weighted by Crippen LogP contribution is 2.26. The van der Waals surface area contributed by atoms with Crippen molar-refractivity contribution in [2.45, 2.75) is 73.1 Å². The highest BCUT2D eigenvalue weighted by Gasteiger charge is 2.09. The molecule has 0 nitrogen and oxygen atoms in total. The highest BCUT2D eigenvalue weighted by atomic mass is 14.1. The Morgan fingerprint density at radius 3 is 2.30 bits per heavy atom. The second-order valence-electron chi connectivity index (χ2n) is 5.80. The summed E-state index contributed by atoms with van der Waals surface area (Å²) in [6.07, 6.45) is 11.1. The molecular formula is C20H34. The molecule has 114 valence electrons. The van der Waals surface area contributed by atoms with E-state index in [-0.39, 0.29) is 7.43 Å². The van der Waals surface area contributed by atoms with Crippen LogP contribution in [-0.4, -0.2) is 0 Å². The van der Waals surface area contributed by atoms with Gasteiger partial charge in [-0.25, -0.2) is 0 Å². The third kappa shape index (κ3) is 6.93. The van der Waals surface area contributed by atoms with E-state index < -0.39 is 0 Å². The molecule has 0 bridgehead atoms. The number of unbranched alkanes of at least 4 members (excludes halogenated alkanes) is 1. The highest BCUT2D eigenvalue weighted by molar-refractivity contribution is 5.25. The van der Waals surface area contributed by atoms with Gasteiger partial charge in [-0.1, -0.05) is 89.4 Å². The molecule has 0 heterocycles. The summed E-state index contributed by atoms with van der Waals surface area (Å²) in [5, 5.41) is 0. The van der Waals surface area contributed by atoms with Gasteiger partial charge in [0.2, 0.25) is 0 Å². The first-order valence-electron chi connectivity index (χ1n) is 7.90. The predicted molar refractivity (Wildman–Crippen MR) is 93.4 cm³/mol. The quantitative estimate of drug-likeness (QED) is 0.452. The maximum atomic E-state index is 2.40. The lowest BCUT2D eigenvalue weighted by Crippen LogP contribution is -1.98. The first-order chi connectivity index (χ1) is 9.17. The van der Waals surface area contributed by atoms with Gasteiger partial charge < -0.3 is 0 Å². The van der Waals surface area contributed by atoms with Crippen molar-refractivity contribution in [3.05, 3.63) is 47.5 Å². The molecule has 1 unspecified atom stereocenters. The van der Waals surface area contributed by atoms with Crippen LogP contribution in [0.5, 0.6) is 0 Å². The van der Waals surface area contributed by atoms with E-state index in [0.717, 1.165) is 0 Å². The summed E-state index contributed by atoms with van der Waals surface area (Å²) < 4.78 is 0. The van der Waals surface area contributed by atoms with Crippen molar-refractivity contribution in [2.24, 2.45) is 5.92 Å². The first-order valence-corrected chi connectivity index (χ1v) is 7.90. The van der Waals surface area contributed by atoms with E-state index in [1.54, 1.807) is 0 Å². The van der Waals surface area contributed by atoms with Crippen LogP contribution in [0.25, 0.3) is 0 Å². The maximum Gasteiger partial charge on any atom is -0.0127 e. The standard InChI is InChI=1S/C19H30.CH4/c1-5-7-10-18(11-8-9-16(3)6-2)19-14-12-17(4)13-15-19;/h8-9,12-16,18H,5-7,10-11H2,1-4H3;1H4/b9-8-;/t16-,18?;/m0./s1. The molecule has 0 aliphatic carbocycles. The van der Waals surface area contributed by atoms with E-state index in [2.05, 4.69) is 64.1 Å². The molecule has 0 N–H and O–H groups in total. The summed E-state index contributed by atoms with van der Waals surface area (Å²) >= 11 is 0. The van der Waals surface area contributed by atoms with Crippen LogP contribution in [0.15, 0.2) is 36.4 Å². The molecule has 0 aliphatic rings. The Bertz CT molecular complexity index is 358. The van der Waals surface area contributed by atoms with Gasteiger partial charge in [0.1, 0.15) is 0 Å². The molecule has 0 saturated carbocycles. The van der Waals surface area contributed by atoms with E-state index in [0.29, 0.717) is 11.8 Å². The van der Waals surface area contributed by atoms with Gasteiger partial charge in [0.05, 0.1) is 0 Å². The summed E-state index contributed by atoms with van der Waals surface area (Å²) in [5.41, 5.74) is 2.86. The normalized spacial score (nSPS) is 14.0. The molecule has 1 rings (SSSR count). The van der Waals surface area contributed by atoms with Crippen LogP contribution < -0.4 is 0 Å². The van der Waals surface area contributed by atoms with E-state index in [4.69, 9.17) is 0 Å². The lowest BCUT2D eigenvalue weighted by molar-refractivity contribution is 0.586. The number of hydrogen-bond acceptors (Lipinski definition) is 0. The van der Waals surface area contributed by atoms with Crippen molar-refractivity contribution >= 4 is 0 Å². The number of allylic oxidation sites excluding steroid dienone is 2. The third-order valence-corrected chi connectivity index (χ3v) is 3.98. The van der Waals surface area contributed by atoms with E-state index in [1.165, 1.54) is 43.2 Å². The van der Waals surface area contributed by atoms with Crippen LogP contribution in [0.1, 0.15) is 77.3 Å². The van der Waals surface area contributed by atoms with Crippen molar-refractivity contribution in [1.82, 2.24) is 0 Å². The zero-order valence-electron chi connectivity index (χ0n) is 13.2. The average molecular weight is 274 g/mol. The summed E-state index contributed by atoms with van der Waals surface area (Å²) in [4.78, 5) is 0. The minimum absolute atomic E-state index is 0. The van der Waals surface area contributed by atoms with Gasteiger partial charge >= 0.3 is 0 Å². The van der Waals surface area contributed by atoms with Gasteiger partial charge in [0.15, 0.2) is 0 Å². The summed E-state index contributed by atoms with van der Waals surface area (Å²) in [5.74, 6) is 1.41. The third-order valence-electron chi connectivity index (χ3n) is 3.98. The molecule has 1 aromatic carbocycles. The topological polar surface area (TPSA) is 0 Å². The van der Waals surface area contributed by atoms with Crippen molar-refractivity contribution in [2.75, 3.05) is 0 Å². The molecular weight excluding hydrogens is 240 g/mol. The second kappa shape index (κ2) is 10.7. The Kier molecular flexibility index (Phi) is 10.2. The molecule has 0 aliphatic heterocycles. The van der Waals surface area contributed by atoms with Crippen LogP contribution in [0.3, 0.4) is 0 Å². The van der Waals surface area contributed by atoms with Gasteiger partial charge in [0, 0.05) is 0 Å². The van der Waals surface area contributed by atoms with Crippen LogP contribution in [0.4, 0.5) is 0 Å². The molecule has 0 spiro atoms. The first kappa shape index (κ1) is 19.0. The van der Waals surface area contributed by atoms with Gasteiger partial charge in [0.25, 0.3) is 0 Å². The number of benzene rings is 1. The van der Waals surface area contributed by atoms with Crippen molar-refractivity contribution < 1.29 is 0 Å². The van der Waals surface area contributed by atoms with Crippen LogP contribution >= 0.6 is 0 Å². The van der Waals surface area contributed by atoms with Crippen molar-refractivity contribution in [3.63, 3.8) is 0 Å². The number of hydrogen-bond donors (Lipinski definition) is 0. The van der Waals surface area contributed by atoms with Gasteiger partial charge in [-0.15, -0.1) is 0 Å². The van der Waals surface area contributed by atoms with Crippen LogP contribution in [0, 0.1) is 12.8 Å². The number of rotatable bonds is 8. The SMILES string of the molecule is C.CCCCC(C/C=C\[C@@H](C)CC)c1ccc(C)cc1. The van der Waals surface area contributed by atoms with Crippen LogP contribution in [-0.2, 0) is 0 Å². The molecule has 0 heteroatoms. The fourth-order valence-corrected chi connectivity index (χ4v) is 2.32. The van der Waals surface area contributed by atoms with Gasteiger partial charge in [-0.2, -0.15) is 0 Å². The van der Waals surface area contributed by atoms with E-state index >= 15 is 0 Å². The minimum atomic E-state index is 0. The lowest BCUT2D eigenvalue weighted by atomic mass is 9.89. The molecule has 2 atom stereocenters. The summed E-state index contributed by atoms with van der Waals surface area (Å²) in [6.45, 7) is 8.99. The summed E-state index contributed by atoms with van der Waals surface area (Å²) in [6, 6.07) is 9.11. The largest absolute Gasteiger partial charge is 0.0877 e. The molecule has 0 fully saturated rings. The monoisotopic (exact) mass is 274 g/mol. The summed E-state index contributed by atoms with van der Waals surface area (Å²) in [7, 11) is 0. The molecule has 0 saturated heterocycles. The fraction of sp³-hybridized carbons (Fsp3) is 0.600. The Hall–Kier alpha value is -1.04. The zero-order valence-corrected chi connectivity index (χ0v) is 13.2. The fourth-order valence-electron chi connectivity index (χ4n) is 2.32. The number of aryl methyl sites for hydroxylation is 1. The van der Waals surface area contributed by atoms with Gasteiger partial charge in [-0.3, -0.25) is 0 Å². The average Bonchev–Trinajstić information content (AvgIpc) is 2.43. The van der Waals surface area contributed by atoms with Crippen molar-refractivity contribution in [1.29, 1.82) is 0 Å². The molecule has 0 aromatic heterocycles. The molecule has 1 aromatic rings. The Balaban J connectivity index is 0.00000361. The molecule has 0 amide bonds. The lowest BCUT2D eigenvalue weighted by Gasteiger charge is -2.16. The minimum Gasteiger partial charge on any atom is -0.0877 e. The van der Waals surface area contributed by atoms with Crippen LogP contribution in [0.2, 0.25) is 0 Å². The Labute approximate surface area is 127 Å². The van der Waals surface area contributed by atoms with Crippen molar-refractivity contribution in [3.8, 4) is 0 Å². The maximum absolute atomic E-state index is 2.40. The smallest absolute Gasteiger partial charge is 0.0127 e. The zero-order chi connectivity index (χ0) is 14.1. The predicted octanol–water partition coefficient (Wildman–Crippen LogP) is 6.90. The Morgan fingerprint density at radius 1 is 1.10 bits per heavy atom. The van der Waals surface area contributed by atoms with E-state index in [1.807, 2.05) is 0 Å². The Morgan fingerprint density at radius 2 is 1.75 bits per heavy atom.